The zero-order chi connectivity index (χ0) is 34.0. The van der Waals surface area contributed by atoms with Crippen LogP contribution in [0.1, 0.15) is 141 Å². The summed E-state index contributed by atoms with van der Waals surface area (Å²) in [6.45, 7) is 9.47. The number of nitrogens with zero attached hydrogens (tertiary/aromatic N) is 1. The minimum absolute atomic E-state index is 0.257. The van der Waals surface area contributed by atoms with Crippen LogP contribution in [-0.2, 0) is 22.0 Å². The minimum atomic E-state index is 0.257. The van der Waals surface area contributed by atoms with Gasteiger partial charge in [0.25, 0.3) is 0 Å². The Morgan fingerprint density at radius 3 is 2.08 bits per heavy atom. The fourth-order valence-electron chi connectivity index (χ4n) is 9.01. The van der Waals surface area contributed by atoms with Crippen LogP contribution in [0.5, 0.6) is 0 Å². The highest BCUT2D eigenvalue weighted by Gasteiger charge is 2.51. The smallest absolute Gasteiger partial charge is 0.135 e. The Hall–Kier alpha value is -3.24. The van der Waals surface area contributed by atoms with Gasteiger partial charge in [-0.05, 0) is 97.1 Å². The number of anilines is 1. The van der Waals surface area contributed by atoms with Gasteiger partial charge in [0.1, 0.15) is 5.78 Å². The molecule has 0 amide bonds. The first-order valence-corrected chi connectivity index (χ1v) is 19.0. The number of fused-ring (bicyclic) bond motifs is 6. The molecule has 0 bridgehead atoms. The molecule has 0 aromatic heterocycles. The van der Waals surface area contributed by atoms with Crippen molar-refractivity contribution in [1.29, 1.82) is 0 Å². The van der Waals surface area contributed by atoms with Crippen LogP contribution in [0.15, 0.2) is 83.9 Å². The molecule has 4 aliphatic carbocycles. The summed E-state index contributed by atoms with van der Waals surface area (Å²) in [4.78, 5) is 15.8. The Labute approximate surface area is 291 Å². The van der Waals surface area contributed by atoms with Gasteiger partial charge in [-0.25, -0.2) is 0 Å². The quantitative estimate of drug-likeness (QED) is 0.157. The summed E-state index contributed by atoms with van der Waals surface area (Å²) >= 11 is 0. The molecule has 48 heavy (non-hydrogen) atoms. The molecule has 4 nitrogen and oxygen atoms in total. The molecule has 4 heteroatoms. The van der Waals surface area contributed by atoms with Crippen LogP contribution in [0.4, 0.5) is 11.4 Å². The number of ketones is 1. The van der Waals surface area contributed by atoms with E-state index >= 15 is 0 Å². The second-order valence-electron chi connectivity index (χ2n) is 15.7. The van der Waals surface area contributed by atoms with Crippen LogP contribution in [0, 0.1) is 11.3 Å². The van der Waals surface area contributed by atoms with Crippen LogP contribution in [0.2, 0.25) is 0 Å². The van der Waals surface area contributed by atoms with Gasteiger partial charge in [0.2, 0.25) is 0 Å². The van der Waals surface area contributed by atoms with Gasteiger partial charge in [-0.3, -0.25) is 15.6 Å². The molecule has 3 fully saturated rings. The highest BCUT2D eigenvalue weighted by molar-refractivity contribution is 6.01. The first-order chi connectivity index (χ1) is 23.2. The van der Waals surface area contributed by atoms with Crippen LogP contribution in [0.25, 0.3) is 0 Å². The molecule has 5 aliphatic rings. The van der Waals surface area contributed by atoms with Crippen molar-refractivity contribution in [2.45, 2.75) is 141 Å². The number of hydrogen-bond donors (Lipinski definition) is 2. The van der Waals surface area contributed by atoms with Crippen LogP contribution < -0.4 is 11.3 Å². The van der Waals surface area contributed by atoms with E-state index < -0.39 is 0 Å². The van der Waals surface area contributed by atoms with E-state index in [2.05, 4.69) is 74.7 Å². The van der Waals surface area contributed by atoms with Gasteiger partial charge in [0.15, 0.2) is 0 Å². The number of carbonyl (C=O) groups is 1. The van der Waals surface area contributed by atoms with E-state index in [-0.39, 0.29) is 5.41 Å². The molecule has 0 saturated heterocycles. The normalized spacial score (nSPS) is 28.6. The zero-order valence-corrected chi connectivity index (χ0v) is 30.3. The lowest BCUT2D eigenvalue weighted by molar-refractivity contribution is -0.122. The van der Waals surface area contributed by atoms with Gasteiger partial charge >= 0.3 is 0 Å². The highest BCUT2D eigenvalue weighted by Crippen LogP contribution is 2.58. The third kappa shape index (κ3) is 8.13. The maximum absolute atomic E-state index is 11.0. The van der Waals surface area contributed by atoms with Crippen LogP contribution >= 0.6 is 0 Å². The molecule has 0 radical (unpaired) electrons. The average Bonchev–Trinajstić information content (AvgIpc) is 3.23. The Balaban J connectivity index is 0.000000131. The predicted molar refractivity (Wildman–Crippen MR) is 204 cm³/mol. The third-order valence-electron chi connectivity index (χ3n) is 12.5. The molecule has 3 aromatic rings. The topological polar surface area (TPSA) is 67.5 Å². The molecule has 4 unspecified atom stereocenters. The van der Waals surface area contributed by atoms with E-state index in [0.717, 1.165) is 24.9 Å². The minimum Gasteiger partial charge on any atom is -0.324 e. The first-order valence-electron chi connectivity index (χ1n) is 19.0. The monoisotopic (exact) mass is 647 g/mol. The molecular formula is C44H61N3O. The number of Topliss-reactive ketones (excluding diaryl/α,β-unsaturated/α-hetero) is 1. The Morgan fingerprint density at radius 1 is 0.688 bits per heavy atom. The molecule has 4 atom stereocenters. The van der Waals surface area contributed by atoms with Gasteiger partial charge in [0, 0.05) is 29.2 Å². The summed E-state index contributed by atoms with van der Waals surface area (Å²) in [5.74, 6) is 5.93. The summed E-state index contributed by atoms with van der Waals surface area (Å²) in [5.41, 5.74) is 12.1. The lowest BCUT2D eigenvalue weighted by Crippen LogP contribution is -2.36. The summed E-state index contributed by atoms with van der Waals surface area (Å²) in [6, 6.07) is 27.4. The third-order valence-corrected chi connectivity index (χ3v) is 12.5. The van der Waals surface area contributed by atoms with Crippen molar-refractivity contribution in [2.24, 2.45) is 22.2 Å². The van der Waals surface area contributed by atoms with E-state index in [1.807, 2.05) is 37.3 Å². The van der Waals surface area contributed by atoms with Gasteiger partial charge in [-0.2, -0.15) is 0 Å². The second kappa shape index (κ2) is 16.4. The maximum Gasteiger partial charge on any atom is 0.135 e. The van der Waals surface area contributed by atoms with Crippen LogP contribution in [0.3, 0.4) is 0 Å². The molecule has 0 spiro atoms. The number of nitrogens with one attached hydrogen (secondary N) is 1. The number of aliphatic imine (C=N–C) groups is 1. The van der Waals surface area contributed by atoms with Crippen molar-refractivity contribution >= 4 is 22.9 Å². The number of nitrogen functional groups attached to an aromatic ring is 1. The van der Waals surface area contributed by atoms with Crippen molar-refractivity contribution in [2.75, 3.05) is 5.43 Å². The Kier molecular flexibility index (Phi) is 12.3. The van der Waals surface area contributed by atoms with E-state index in [0.29, 0.717) is 22.5 Å². The zero-order valence-electron chi connectivity index (χ0n) is 30.3. The van der Waals surface area contributed by atoms with Crippen molar-refractivity contribution in [3.63, 3.8) is 0 Å². The summed E-state index contributed by atoms with van der Waals surface area (Å²) in [5, 5.41) is 0. The van der Waals surface area contributed by atoms with E-state index in [9.17, 15) is 4.79 Å². The summed E-state index contributed by atoms with van der Waals surface area (Å²) in [7, 11) is 0. The van der Waals surface area contributed by atoms with Crippen molar-refractivity contribution in [3.8, 4) is 0 Å². The SMILES string of the molecule is CC12CCCCCC1(C)c1ccccc1C2.CC12CCCCCC1=Nc1ccccc12.CC1CCCCCC1=O.NNc1ccccc1. The standard InChI is InChI=1S/C16H22.C14H17N.C8H14O.C6H8N2/c1-15-10-6-3-7-11-16(15,2)14-9-5-4-8-13(14)12-15;1-14-10-6-2-3-9-13(14)15-12-8-5-4-7-11(12)14;1-7-5-3-2-4-6-8(7)9;7-8-6-4-2-1-3-5-6/h4-5,8-9H,3,6-7,10-12H2,1-2H3;4-5,7-8H,2-3,6,9-10H2,1H3;7H,2-6H2,1H3;1-5,8H,7H2. The number of hydrazine groups is 1. The number of carbonyl (C=O) groups excluding carboxylic acids is 1. The number of benzene rings is 3. The Bertz CT molecular complexity index is 1510. The number of rotatable bonds is 1. The maximum atomic E-state index is 11.0. The van der Waals surface area contributed by atoms with Crippen molar-refractivity contribution in [1.82, 2.24) is 0 Å². The number of nitrogens with two attached hydrogens (primary N) is 1. The van der Waals surface area contributed by atoms with Crippen LogP contribution in [-0.4, -0.2) is 11.5 Å². The predicted octanol–water partition coefficient (Wildman–Crippen LogP) is 11.6. The van der Waals surface area contributed by atoms with Crippen molar-refractivity contribution < 1.29 is 4.79 Å². The lowest BCUT2D eigenvalue weighted by atomic mass is 9.63. The summed E-state index contributed by atoms with van der Waals surface area (Å²) in [6.07, 6.45) is 20.5. The van der Waals surface area contributed by atoms with E-state index in [1.165, 1.54) is 100 Å². The molecule has 8 rings (SSSR count). The van der Waals surface area contributed by atoms with Gasteiger partial charge in [0.05, 0.1) is 5.69 Å². The van der Waals surface area contributed by atoms with Gasteiger partial charge in [-0.1, -0.05) is 133 Å². The molecule has 3 N–H and O–H groups in total. The fraction of sp³-hybridized carbons (Fsp3) is 0.545. The fourth-order valence-corrected chi connectivity index (χ4v) is 9.01. The molecule has 3 saturated carbocycles. The van der Waals surface area contributed by atoms with E-state index in [1.54, 1.807) is 11.1 Å². The molecule has 3 aromatic carbocycles. The molecule has 1 heterocycles. The van der Waals surface area contributed by atoms with Gasteiger partial charge in [-0.15, -0.1) is 0 Å². The number of hydrogen-bond acceptors (Lipinski definition) is 4. The first kappa shape index (κ1) is 36.1. The number of para-hydroxylation sites is 2. The largest absolute Gasteiger partial charge is 0.324 e. The summed E-state index contributed by atoms with van der Waals surface area (Å²) < 4.78 is 0. The second-order valence-corrected chi connectivity index (χ2v) is 15.7. The highest BCUT2D eigenvalue weighted by atomic mass is 16.1. The molecule has 1 aliphatic heterocycles. The molecule has 258 valence electrons. The van der Waals surface area contributed by atoms with Gasteiger partial charge < -0.3 is 5.43 Å². The van der Waals surface area contributed by atoms with E-state index in [4.69, 9.17) is 10.8 Å². The average molecular weight is 648 g/mol. The lowest BCUT2D eigenvalue weighted by Gasteiger charge is -2.41. The van der Waals surface area contributed by atoms with Crippen molar-refractivity contribution in [3.05, 3.63) is 95.6 Å². The Morgan fingerprint density at radius 2 is 1.31 bits per heavy atom. The molecular weight excluding hydrogens is 587 g/mol.